The number of aryl methyl sites for hydroxylation is 1. The number of benzene rings is 3. The second-order valence-corrected chi connectivity index (χ2v) is 11.1. The summed E-state index contributed by atoms with van der Waals surface area (Å²) in [7, 11) is 0. The van der Waals surface area contributed by atoms with Crippen LogP contribution in [0.3, 0.4) is 0 Å². The fourth-order valence-corrected chi connectivity index (χ4v) is 6.72. The Morgan fingerprint density at radius 3 is 2.55 bits per heavy atom. The largest absolute Gasteiger partial charge is 0.140 e. The van der Waals surface area contributed by atoms with E-state index >= 15 is 0 Å². The van der Waals surface area contributed by atoms with Gasteiger partial charge in [0.15, 0.2) is 0 Å². The summed E-state index contributed by atoms with van der Waals surface area (Å²) in [5.41, 5.74) is 9.57. The maximum Gasteiger partial charge on any atom is 0.0351 e. The van der Waals surface area contributed by atoms with Crippen LogP contribution in [0.4, 0.5) is 0 Å². The summed E-state index contributed by atoms with van der Waals surface area (Å²) < 4.78 is 2.54. The summed E-state index contributed by atoms with van der Waals surface area (Å²) in [5.74, 6) is 0. The van der Waals surface area contributed by atoms with Crippen molar-refractivity contribution >= 4 is 49.0 Å². The van der Waals surface area contributed by atoms with Crippen LogP contribution in [0.5, 0.6) is 0 Å². The first-order valence-corrected chi connectivity index (χ1v) is 12.5. The van der Waals surface area contributed by atoms with Crippen LogP contribution < -0.4 is 0 Å². The van der Waals surface area contributed by atoms with Crippen LogP contribution in [0.25, 0.3) is 32.9 Å². The third-order valence-electron chi connectivity index (χ3n) is 6.82. The second-order valence-electron chi connectivity index (χ2n) is 9.05. The molecular weight excluding hydrogens is 460 g/mol. The van der Waals surface area contributed by atoms with E-state index in [9.17, 15) is 0 Å². The molecule has 6 rings (SSSR count). The van der Waals surface area contributed by atoms with E-state index in [1.54, 1.807) is 0 Å². The molecule has 4 aromatic rings. The number of rotatable bonds is 1. The Labute approximate surface area is 196 Å². The zero-order valence-corrected chi connectivity index (χ0v) is 20.1. The minimum absolute atomic E-state index is 0.00339. The molecular formula is C29H23BrS. The summed E-state index contributed by atoms with van der Waals surface area (Å²) >= 11 is 5.62. The van der Waals surface area contributed by atoms with Gasteiger partial charge in [-0.1, -0.05) is 78.3 Å². The molecule has 1 aromatic heterocycles. The quantitative estimate of drug-likeness (QED) is 0.253. The van der Waals surface area contributed by atoms with E-state index in [-0.39, 0.29) is 5.41 Å². The molecule has 2 aliphatic carbocycles. The molecule has 0 atom stereocenters. The van der Waals surface area contributed by atoms with Gasteiger partial charge in [-0.05, 0) is 87.5 Å². The first kappa shape index (κ1) is 19.3. The molecule has 0 unspecified atom stereocenters. The topological polar surface area (TPSA) is 0 Å². The van der Waals surface area contributed by atoms with Crippen LogP contribution in [0, 0.1) is 0 Å². The van der Waals surface area contributed by atoms with Crippen molar-refractivity contribution in [2.24, 2.45) is 0 Å². The minimum Gasteiger partial charge on any atom is -0.140 e. The first-order valence-electron chi connectivity index (χ1n) is 10.9. The molecule has 0 N–H and O–H groups in total. The van der Waals surface area contributed by atoms with Gasteiger partial charge in [0.1, 0.15) is 0 Å². The summed E-state index contributed by atoms with van der Waals surface area (Å²) in [6, 6.07) is 22.6. The monoisotopic (exact) mass is 482 g/mol. The average molecular weight is 483 g/mol. The molecule has 0 fully saturated rings. The third kappa shape index (κ3) is 3.00. The van der Waals surface area contributed by atoms with Crippen molar-refractivity contribution < 1.29 is 0 Å². The van der Waals surface area contributed by atoms with Crippen LogP contribution in [0.15, 0.2) is 77.3 Å². The molecule has 0 spiro atoms. The van der Waals surface area contributed by atoms with E-state index < -0.39 is 0 Å². The maximum atomic E-state index is 3.67. The maximum absolute atomic E-state index is 3.67. The Hall–Kier alpha value is -2.42. The lowest BCUT2D eigenvalue weighted by Crippen LogP contribution is -2.15. The Morgan fingerprint density at radius 2 is 1.68 bits per heavy atom. The van der Waals surface area contributed by atoms with E-state index in [0.29, 0.717) is 0 Å². The standard InChI is InChI=1S/C29H23BrS/c1-29(2)25-16-19(11-13-21(25)22-14-12-20(30)17-26(22)29)18-7-3-5-10-28-24(15-18)23-8-4-6-9-27(23)31-28/h3-4,6-9,11-17H,5,10H2,1-2H3/b7-3-,18-15+. The lowest BCUT2D eigenvalue weighted by atomic mass is 9.81. The molecule has 2 aliphatic rings. The number of allylic oxidation sites excluding steroid dienone is 3. The Morgan fingerprint density at radius 1 is 0.903 bits per heavy atom. The third-order valence-corrected chi connectivity index (χ3v) is 8.56. The predicted molar refractivity (Wildman–Crippen MR) is 139 cm³/mol. The highest BCUT2D eigenvalue weighted by atomic mass is 79.9. The fourth-order valence-electron chi connectivity index (χ4n) is 5.16. The molecule has 31 heavy (non-hydrogen) atoms. The summed E-state index contributed by atoms with van der Waals surface area (Å²) in [6.07, 6.45) is 9.28. The van der Waals surface area contributed by atoms with Crippen LogP contribution in [0.1, 0.15) is 47.4 Å². The number of hydrogen-bond acceptors (Lipinski definition) is 1. The normalized spacial score (nSPS) is 19.0. The SMILES string of the molecule is CC1(C)c2cc(Br)ccc2-c2ccc(C3=C/c4c(sc5ccccc45)CC/C=C\3)cc21. The summed E-state index contributed by atoms with van der Waals surface area (Å²) in [4.78, 5) is 1.50. The van der Waals surface area contributed by atoms with Crippen molar-refractivity contribution in [2.75, 3.05) is 0 Å². The Bertz CT molecular complexity index is 1410. The number of fused-ring (bicyclic) bond motifs is 6. The van der Waals surface area contributed by atoms with Gasteiger partial charge in [-0.2, -0.15) is 0 Å². The van der Waals surface area contributed by atoms with Crippen molar-refractivity contribution in [1.29, 1.82) is 0 Å². The highest BCUT2D eigenvalue weighted by Gasteiger charge is 2.35. The van der Waals surface area contributed by atoms with Gasteiger partial charge in [0, 0.05) is 19.5 Å². The average Bonchev–Trinajstić information content (AvgIpc) is 3.19. The van der Waals surface area contributed by atoms with Crippen molar-refractivity contribution in [3.05, 3.63) is 104 Å². The molecule has 0 aliphatic heterocycles. The molecule has 1 heterocycles. The highest BCUT2D eigenvalue weighted by molar-refractivity contribution is 9.10. The van der Waals surface area contributed by atoms with Crippen molar-refractivity contribution in [3.63, 3.8) is 0 Å². The van der Waals surface area contributed by atoms with Gasteiger partial charge in [-0.25, -0.2) is 0 Å². The Kier molecular flexibility index (Phi) is 4.38. The first-order chi connectivity index (χ1) is 15.0. The van der Waals surface area contributed by atoms with Gasteiger partial charge in [0.05, 0.1) is 0 Å². The van der Waals surface area contributed by atoms with Gasteiger partial charge in [-0.15, -0.1) is 11.3 Å². The van der Waals surface area contributed by atoms with Gasteiger partial charge in [-0.3, -0.25) is 0 Å². The molecule has 0 radical (unpaired) electrons. The number of hydrogen-bond donors (Lipinski definition) is 0. The highest BCUT2D eigenvalue weighted by Crippen LogP contribution is 2.50. The molecule has 0 amide bonds. The summed E-state index contributed by atoms with van der Waals surface area (Å²) in [6.45, 7) is 4.70. The molecule has 2 heteroatoms. The summed E-state index contributed by atoms with van der Waals surface area (Å²) in [5, 5.41) is 1.38. The van der Waals surface area contributed by atoms with Crippen molar-refractivity contribution in [3.8, 4) is 11.1 Å². The number of thiophene rings is 1. The van der Waals surface area contributed by atoms with Crippen LogP contribution in [-0.2, 0) is 11.8 Å². The lowest BCUT2D eigenvalue weighted by Gasteiger charge is -2.22. The van der Waals surface area contributed by atoms with Crippen LogP contribution >= 0.6 is 27.3 Å². The predicted octanol–water partition coefficient (Wildman–Crippen LogP) is 9.01. The van der Waals surface area contributed by atoms with Crippen LogP contribution in [0.2, 0.25) is 0 Å². The van der Waals surface area contributed by atoms with Crippen molar-refractivity contribution in [1.82, 2.24) is 0 Å². The molecule has 0 nitrogen and oxygen atoms in total. The molecule has 3 aromatic carbocycles. The van der Waals surface area contributed by atoms with E-state index in [4.69, 9.17) is 0 Å². The zero-order valence-electron chi connectivity index (χ0n) is 17.7. The van der Waals surface area contributed by atoms with Crippen LogP contribution in [-0.4, -0.2) is 0 Å². The fraction of sp³-hybridized carbons (Fsp3) is 0.172. The minimum atomic E-state index is -0.00339. The number of halogens is 1. The molecule has 152 valence electrons. The van der Waals surface area contributed by atoms with Gasteiger partial charge in [0.25, 0.3) is 0 Å². The molecule has 0 saturated heterocycles. The van der Waals surface area contributed by atoms with E-state index in [0.717, 1.165) is 17.3 Å². The zero-order chi connectivity index (χ0) is 21.2. The smallest absolute Gasteiger partial charge is 0.0351 e. The van der Waals surface area contributed by atoms with E-state index in [2.05, 4.69) is 109 Å². The van der Waals surface area contributed by atoms with E-state index in [1.165, 1.54) is 53.9 Å². The lowest BCUT2D eigenvalue weighted by molar-refractivity contribution is 0.660. The van der Waals surface area contributed by atoms with Crippen molar-refractivity contribution in [2.45, 2.75) is 32.1 Å². The van der Waals surface area contributed by atoms with Gasteiger partial charge in [0.2, 0.25) is 0 Å². The van der Waals surface area contributed by atoms with Gasteiger partial charge >= 0.3 is 0 Å². The van der Waals surface area contributed by atoms with E-state index in [1.807, 2.05) is 11.3 Å². The Balaban J connectivity index is 1.53. The van der Waals surface area contributed by atoms with Gasteiger partial charge < -0.3 is 0 Å². The molecule has 0 saturated carbocycles. The second kappa shape index (κ2) is 7.05. The molecule has 0 bridgehead atoms.